The van der Waals surface area contributed by atoms with Crippen molar-refractivity contribution in [2.24, 2.45) is 22.5 Å². The van der Waals surface area contributed by atoms with Crippen molar-refractivity contribution in [2.45, 2.75) is 93.2 Å². The first-order valence-electron chi connectivity index (χ1n) is 14.0. The third-order valence-corrected chi connectivity index (χ3v) is 5.81. The molecule has 1 aromatic carbocycles. The van der Waals surface area contributed by atoms with Gasteiger partial charge in [-0.3, -0.25) is 4.79 Å². The molecule has 4 atom stereocenters. The highest BCUT2D eigenvalue weighted by molar-refractivity contribution is 5.75. The molecular weight excluding hydrogens is 550 g/mol. The summed E-state index contributed by atoms with van der Waals surface area (Å²) in [5.74, 6) is -2.44. The van der Waals surface area contributed by atoms with Gasteiger partial charge < -0.3 is 39.3 Å². The molecule has 1 aromatic rings. The number of carbonyl (C=O) groups is 4. The van der Waals surface area contributed by atoms with Crippen LogP contribution in [-0.4, -0.2) is 61.5 Å². The van der Waals surface area contributed by atoms with Gasteiger partial charge in [-0.25, -0.2) is 14.4 Å². The monoisotopic (exact) mass is 597 g/mol. The van der Waals surface area contributed by atoms with Crippen molar-refractivity contribution < 1.29 is 52.7 Å². The molecule has 3 unspecified atom stereocenters. The highest BCUT2D eigenvalue weighted by atomic mass is 16.7. The molecule has 0 radical (unpaired) electrons. The highest BCUT2D eigenvalue weighted by Crippen LogP contribution is 2.35. The van der Waals surface area contributed by atoms with Crippen LogP contribution >= 0.6 is 0 Å². The van der Waals surface area contributed by atoms with E-state index < -0.39 is 42.5 Å². The van der Waals surface area contributed by atoms with Gasteiger partial charge in [-0.05, 0) is 47.8 Å². The van der Waals surface area contributed by atoms with Crippen molar-refractivity contribution in [3.05, 3.63) is 23.8 Å². The number of ether oxygens (including phenoxy) is 6. The van der Waals surface area contributed by atoms with Crippen LogP contribution in [-0.2, 0) is 23.7 Å². The van der Waals surface area contributed by atoms with Gasteiger partial charge in [0.2, 0.25) is 0 Å². The molecule has 238 valence electrons. The minimum Gasteiger partial charge on any atom is -0.480 e. The smallest absolute Gasteiger partial charge is 0.480 e. The second-order valence-electron chi connectivity index (χ2n) is 12.8. The first-order chi connectivity index (χ1) is 19.3. The number of carboxylic acids is 1. The average molecular weight is 598 g/mol. The van der Waals surface area contributed by atoms with Gasteiger partial charge in [0.1, 0.15) is 12.1 Å². The summed E-state index contributed by atoms with van der Waals surface area (Å²) in [4.78, 5) is 48.9. The lowest BCUT2D eigenvalue weighted by Crippen LogP contribution is -2.38. The molecule has 0 saturated carbocycles. The van der Waals surface area contributed by atoms with Gasteiger partial charge >= 0.3 is 24.4 Å². The van der Waals surface area contributed by atoms with Crippen LogP contribution in [0.4, 0.5) is 14.4 Å². The predicted octanol–water partition coefficient (Wildman–Crippen LogP) is 6.28. The van der Waals surface area contributed by atoms with Crippen molar-refractivity contribution in [1.29, 1.82) is 0 Å². The Morgan fingerprint density at radius 1 is 0.833 bits per heavy atom. The maximum absolute atomic E-state index is 12.5. The Hall–Kier alpha value is -3.54. The first kappa shape index (κ1) is 36.5. The van der Waals surface area contributed by atoms with E-state index in [9.17, 15) is 24.3 Å². The van der Waals surface area contributed by atoms with E-state index in [1.54, 1.807) is 6.92 Å². The van der Waals surface area contributed by atoms with Crippen LogP contribution in [0.3, 0.4) is 0 Å². The van der Waals surface area contributed by atoms with Gasteiger partial charge in [-0.15, -0.1) is 0 Å². The summed E-state index contributed by atoms with van der Waals surface area (Å²) in [5.41, 5.74) is 5.68. The quantitative estimate of drug-likeness (QED) is 0.148. The van der Waals surface area contributed by atoms with E-state index in [0.717, 1.165) is 6.42 Å². The number of benzene rings is 1. The van der Waals surface area contributed by atoms with Crippen molar-refractivity contribution >= 4 is 24.4 Å². The van der Waals surface area contributed by atoms with Crippen LogP contribution in [0.25, 0.3) is 0 Å². The molecule has 0 saturated heterocycles. The largest absolute Gasteiger partial charge is 0.513 e. The number of hydrogen-bond donors (Lipinski definition) is 2. The third kappa shape index (κ3) is 14.4. The number of carbonyl (C=O) groups excluding carboxylic acids is 3. The lowest BCUT2D eigenvalue weighted by molar-refractivity contribution is -0.139. The standard InChI is InChI=1S/C30H47NO11/c1-10-18(2)15-37-26(34)40-19(3)13-21(24(31)25(32)33)20-11-12-22(41-27(35)38-16-29(4,5)6)23(14-20)42-28(36)39-17-30(7,8)9/h11-12,14,18-19,21,24H,10,13,15-17,31H2,1-9H3,(H,32,33)/t18?,19?,21?,24-/m0/s1. The third-order valence-electron chi connectivity index (χ3n) is 5.81. The maximum Gasteiger partial charge on any atom is 0.513 e. The fraction of sp³-hybridized carbons (Fsp3) is 0.667. The van der Waals surface area contributed by atoms with Crippen molar-refractivity contribution in [2.75, 3.05) is 19.8 Å². The SMILES string of the molecule is CCC(C)COC(=O)OC(C)CC(c1ccc(OC(=O)OCC(C)(C)C)c(OC(=O)OCC(C)(C)C)c1)[C@H](N)C(=O)O. The van der Waals surface area contributed by atoms with Gasteiger partial charge in [0.05, 0.1) is 19.8 Å². The number of hydrogen-bond acceptors (Lipinski definition) is 11. The molecule has 0 spiro atoms. The zero-order valence-electron chi connectivity index (χ0n) is 26.2. The molecule has 0 aliphatic heterocycles. The molecule has 12 heteroatoms. The van der Waals surface area contributed by atoms with Crippen LogP contribution in [0.1, 0.15) is 86.6 Å². The molecule has 42 heavy (non-hydrogen) atoms. The van der Waals surface area contributed by atoms with Gasteiger partial charge in [-0.1, -0.05) is 67.9 Å². The second-order valence-corrected chi connectivity index (χ2v) is 12.8. The van der Waals surface area contributed by atoms with Crippen LogP contribution in [0.2, 0.25) is 0 Å². The van der Waals surface area contributed by atoms with Gasteiger partial charge in [0.25, 0.3) is 0 Å². The molecule has 0 fully saturated rings. The number of aliphatic carboxylic acids is 1. The molecule has 0 bridgehead atoms. The molecule has 3 N–H and O–H groups in total. The van der Waals surface area contributed by atoms with Gasteiger partial charge in [-0.2, -0.15) is 0 Å². The van der Waals surface area contributed by atoms with Crippen molar-refractivity contribution in [1.82, 2.24) is 0 Å². The predicted molar refractivity (Wildman–Crippen MR) is 154 cm³/mol. The molecule has 0 aromatic heterocycles. The van der Waals surface area contributed by atoms with E-state index in [0.29, 0.717) is 5.56 Å². The summed E-state index contributed by atoms with van der Waals surface area (Å²) >= 11 is 0. The molecule has 0 aliphatic rings. The van der Waals surface area contributed by atoms with Crippen LogP contribution in [0, 0.1) is 16.7 Å². The van der Waals surface area contributed by atoms with E-state index in [4.69, 9.17) is 34.2 Å². The average Bonchev–Trinajstić information content (AvgIpc) is 2.87. The van der Waals surface area contributed by atoms with Crippen molar-refractivity contribution in [3.8, 4) is 11.5 Å². The summed E-state index contributed by atoms with van der Waals surface area (Å²) < 4.78 is 31.4. The fourth-order valence-electron chi connectivity index (χ4n) is 3.30. The molecule has 12 nitrogen and oxygen atoms in total. The van der Waals surface area contributed by atoms with Gasteiger partial charge in [0, 0.05) is 5.92 Å². The topological polar surface area (TPSA) is 170 Å². The van der Waals surface area contributed by atoms with Crippen molar-refractivity contribution in [3.63, 3.8) is 0 Å². The summed E-state index contributed by atoms with van der Waals surface area (Å²) in [6, 6.07) is 2.71. The Morgan fingerprint density at radius 2 is 1.36 bits per heavy atom. The number of rotatable bonds is 13. The van der Waals surface area contributed by atoms with E-state index in [2.05, 4.69) is 0 Å². The van der Waals surface area contributed by atoms with E-state index in [-0.39, 0.29) is 54.5 Å². The van der Waals surface area contributed by atoms with Crippen LogP contribution < -0.4 is 15.2 Å². The van der Waals surface area contributed by atoms with E-state index in [1.165, 1.54) is 18.2 Å². The Labute approximate surface area is 248 Å². The molecule has 0 amide bonds. The second kappa shape index (κ2) is 16.2. The van der Waals surface area contributed by atoms with Crippen LogP contribution in [0.5, 0.6) is 11.5 Å². The number of carboxylic acid groups (broad SMARTS) is 1. The first-order valence-corrected chi connectivity index (χ1v) is 14.0. The van der Waals surface area contributed by atoms with Gasteiger partial charge in [0.15, 0.2) is 11.5 Å². The Morgan fingerprint density at radius 3 is 1.83 bits per heavy atom. The number of nitrogens with two attached hydrogens (primary N) is 1. The summed E-state index contributed by atoms with van der Waals surface area (Å²) in [7, 11) is 0. The zero-order chi connectivity index (χ0) is 32.3. The Kier molecular flexibility index (Phi) is 14.1. The highest BCUT2D eigenvalue weighted by Gasteiger charge is 2.31. The summed E-state index contributed by atoms with van der Waals surface area (Å²) in [6.45, 7) is 17.0. The normalized spacial score (nSPS) is 14.5. The molecular formula is C30H47NO11. The minimum absolute atomic E-state index is 0.00631. The molecule has 0 aliphatic carbocycles. The summed E-state index contributed by atoms with van der Waals surface area (Å²) in [6.07, 6.45) is -2.94. The minimum atomic E-state index is -1.42. The molecule has 0 heterocycles. The summed E-state index contributed by atoms with van der Waals surface area (Å²) in [5, 5.41) is 9.69. The van der Waals surface area contributed by atoms with Crippen LogP contribution in [0.15, 0.2) is 18.2 Å². The molecule has 1 rings (SSSR count). The van der Waals surface area contributed by atoms with E-state index >= 15 is 0 Å². The fourth-order valence-corrected chi connectivity index (χ4v) is 3.30. The zero-order valence-corrected chi connectivity index (χ0v) is 26.2. The lowest BCUT2D eigenvalue weighted by Gasteiger charge is -2.25. The maximum atomic E-state index is 12.5. The Bertz CT molecular complexity index is 1060. The van der Waals surface area contributed by atoms with E-state index in [1.807, 2.05) is 55.4 Å². The Balaban J connectivity index is 3.28. The lowest BCUT2D eigenvalue weighted by atomic mass is 9.87.